The van der Waals surface area contributed by atoms with Gasteiger partial charge in [0.1, 0.15) is 11.4 Å². The van der Waals surface area contributed by atoms with E-state index in [0.29, 0.717) is 36.4 Å². The minimum absolute atomic E-state index is 0.111. The van der Waals surface area contributed by atoms with Crippen LogP contribution in [0.15, 0.2) is 77.7 Å². The molecule has 7 heteroatoms. The molecule has 32 heavy (non-hydrogen) atoms. The zero-order valence-corrected chi connectivity index (χ0v) is 18.2. The van der Waals surface area contributed by atoms with Gasteiger partial charge in [0.25, 0.3) is 11.8 Å². The van der Waals surface area contributed by atoms with Gasteiger partial charge in [-0.3, -0.25) is 9.59 Å². The molecule has 0 aliphatic heterocycles. The number of hydrogen-bond acceptors (Lipinski definition) is 4. The number of nitrogens with zero attached hydrogens (tertiary/aromatic N) is 3. The number of carbonyl (C=O) groups excluding carboxylic acids is 2. The second-order valence-corrected chi connectivity index (χ2v) is 7.84. The van der Waals surface area contributed by atoms with Crippen LogP contribution in [0.25, 0.3) is 11.0 Å². The lowest BCUT2D eigenvalue weighted by atomic mass is 10.0. The monoisotopic (exact) mass is 430 g/mol. The largest absolute Gasteiger partial charge is 0.463 e. The fourth-order valence-corrected chi connectivity index (χ4v) is 3.79. The summed E-state index contributed by atoms with van der Waals surface area (Å²) in [5, 5.41) is 3.81. The van der Waals surface area contributed by atoms with E-state index in [9.17, 15) is 9.59 Å². The van der Waals surface area contributed by atoms with E-state index in [1.807, 2.05) is 55.7 Å². The van der Waals surface area contributed by atoms with Crippen molar-refractivity contribution >= 4 is 22.8 Å². The van der Waals surface area contributed by atoms with E-state index < -0.39 is 0 Å². The number of aryl methyl sites for hydroxylation is 1. The first-order valence-electron chi connectivity index (χ1n) is 10.6. The van der Waals surface area contributed by atoms with E-state index in [4.69, 9.17) is 4.42 Å². The maximum absolute atomic E-state index is 13.2. The zero-order chi connectivity index (χ0) is 22.5. The van der Waals surface area contributed by atoms with E-state index >= 15 is 0 Å². The van der Waals surface area contributed by atoms with Crippen molar-refractivity contribution in [2.45, 2.75) is 18.9 Å². The summed E-state index contributed by atoms with van der Waals surface area (Å²) < 4.78 is 7.11. The molecule has 0 bridgehead atoms. The number of hydrogen-bond donors (Lipinski definition) is 1. The first-order chi connectivity index (χ1) is 15.5. The van der Waals surface area contributed by atoms with E-state index in [1.165, 1.54) is 0 Å². The molecule has 1 atom stereocenters. The topological polar surface area (TPSA) is 80.4 Å². The van der Waals surface area contributed by atoms with Crippen LogP contribution >= 0.6 is 0 Å². The molecule has 0 radical (unpaired) electrons. The molecule has 3 aromatic heterocycles. The summed E-state index contributed by atoms with van der Waals surface area (Å²) >= 11 is 0. The molecule has 4 rings (SSSR count). The van der Waals surface area contributed by atoms with E-state index in [2.05, 4.69) is 10.3 Å². The lowest BCUT2D eigenvalue weighted by molar-refractivity contribution is 0.0717. The lowest BCUT2D eigenvalue weighted by Gasteiger charge is -2.28. The fourth-order valence-electron chi connectivity index (χ4n) is 3.79. The summed E-state index contributed by atoms with van der Waals surface area (Å²) in [7, 11) is 3.62. The molecule has 1 N–H and O–H groups in total. The minimum Gasteiger partial charge on any atom is -0.463 e. The van der Waals surface area contributed by atoms with Crippen LogP contribution in [0.5, 0.6) is 0 Å². The van der Waals surface area contributed by atoms with Crippen LogP contribution in [-0.4, -0.2) is 45.9 Å². The number of carbonyl (C=O) groups is 2. The summed E-state index contributed by atoms with van der Waals surface area (Å²) in [4.78, 5) is 31.7. The van der Waals surface area contributed by atoms with Crippen molar-refractivity contribution in [3.63, 3.8) is 0 Å². The average molecular weight is 431 g/mol. The van der Waals surface area contributed by atoms with Crippen molar-refractivity contribution in [1.82, 2.24) is 19.8 Å². The number of amides is 2. The number of aromatic nitrogens is 2. The molecule has 0 saturated carbocycles. The highest BCUT2D eigenvalue weighted by molar-refractivity contribution is 5.95. The van der Waals surface area contributed by atoms with Crippen LogP contribution in [-0.2, 0) is 13.5 Å². The second kappa shape index (κ2) is 9.51. The highest BCUT2D eigenvalue weighted by atomic mass is 16.3. The maximum atomic E-state index is 13.2. The van der Waals surface area contributed by atoms with Gasteiger partial charge in [-0.25, -0.2) is 4.98 Å². The molecule has 3 heterocycles. The lowest BCUT2D eigenvalue weighted by Crippen LogP contribution is -2.41. The molecule has 0 spiro atoms. The molecule has 164 valence electrons. The Hall–Kier alpha value is -3.87. The van der Waals surface area contributed by atoms with Crippen molar-refractivity contribution < 1.29 is 14.0 Å². The fraction of sp³-hybridized carbons (Fsp3) is 0.240. The molecule has 0 aliphatic rings. The number of nitrogens with one attached hydrogen (secondary N) is 1. The number of rotatable bonds is 8. The van der Waals surface area contributed by atoms with E-state index in [1.54, 1.807) is 41.1 Å². The van der Waals surface area contributed by atoms with Crippen LogP contribution in [0.4, 0.5) is 0 Å². The van der Waals surface area contributed by atoms with E-state index in [-0.39, 0.29) is 17.9 Å². The normalized spacial score (nSPS) is 11.9. The highest BCUT2D eigenvalue weighted by Gasteiger charge is 2.23. The first kappa shape index (κ1) is 21.4. The molecular formula is C25H26N4O3. The smallest absolute Gasteiger partial charge is 0.272 e. The van der Waals surface area contributed by atoms with Crippen LogP contribution in [0, 0.1) is 0 Å². The summed E-state index contributed by atoms with van der Waals surface area (Å²) in [5.41, 5.74) is 2.75. The molecule has 7 nitrogen and oxygen atoms in total. The summed E-state index contributed by atoms with van der Waals surface area (Å²) in [6.07, 6.45) is 6.28. The maximum Gasteiger partial charge on any atom is 0.272 e. The Labute approximate surface area is 186 Å². The zero-order valence-electron chi connectivity index (χ0n) is 18.2. The Morgan fingerprint density at radius 3 is 2.72 bits per heavy atom. The third-order valence-corrected chi connectivity index (χ3v) is 5.68. The molecule has 0 aliphatic carbocycles. The molecule has 0 unspecified atom stereocenters. The van der Waals surface area contributed by atoms with Gasteiger partial charge in [0.15, 0.2) is 5.58 Å². The predicted molar refractivity (Wildman–Crippen MR) is 122 cm³/mol. The average Bonchev–Trinajstić information content (AvgIpc) is 3.46. The van der Waals surface area contributed by atoms with Crippen molar-refractivity contribution in [2.24, 2.45) is 7.05 Å². The third kappa shape index (κ3) is 4.72. The molecule has 0 saturated heterocycles. The molecule has 0 fully saturated rings. The quantitative estimate of drug-likeness (QED) is 0.463. The number of fused-ring (bicyclic) bond motifs is 1. The van der Waals surface area contributed by atoms with Gasteiger partial charge in [0, 0.05) is 38.3 Å². The summed E-state index contributed by atoms with van der Waals surface area (Å²) in [6.45, 7) is 0.452. The minimum atomic E-state index is -0.164. The van der Waals surface area contributed by atoms with Crippen LogP contribution in [0.3, 0.4) is 0 Å². The van der Waals surface area contributed by atoms with Crippen molar-refractivity contribution in [2.75, 3.05) is 13.6 Å². The Kier molecular flexibility index (Phi) is 6.35. The summed E-state index contributed by atoms with van der Waals surface area (Å²) in [6, 6.07) is 17.1. The van der Waals surface area contributed by atoms with Gasteiger partial charge in [-0.2, -0.15) is 0 Å². The van der Waals surface area contributed by atoms with Gasteiger partial charge in [0.2, 0.25) is 0 Å². The Bertz CT molecular complexity index is 1210. The molecule has 4 aromatic rings. The second-order valence-electron chi connectivity index (χ2n) is 7.84. The van der Waals surface area contributed by atoms with Crippen LogP contribution < -0.4 is 5.32 Å². The number of benzene rings is 1. The van der Waals surface area contributed by atoms with Crippen LogP contribution in [0.2, 0.25) is 0 Å². The van der Waals surface area contributed by atoms with Gasteiger partial charge >= 0.3 is 0 Å². The number of likely N-dealkylation sites (N-methyl/N-ethyl adjacent to an activating group) is 1. The number of furan rings is 1. The first-order valence-corrected chi connectivity index (χ1v) is 10.6. The molecule has 1 aromatic carbocycles. The molecule has 2 amide bonds. The van der Waals surface area contributed by atoms with Gasteiger partial charge in [-0.05, 0) is 42.7 Å². The predicted octanol–water partition coefficient (Wildman–Crippen LogP) is 3.67. The number of pyridine rings is 1. The van der Waals surface area contributed by atoms with Gasteiger partial charge in [-0.15, -0.1) is 0 Å². The van der Waals surface area contributed by atoms with Crippen molar-refractivity contribution in [3.8, 4) is 0 Å². The Morgan fingerprint density at radius 1 is 1.16 bits per heavy atom. The van der Waals surface area contributed by atoms with E-state index in [0.717, 1.165) is 10.9 Å². The Balaban J connectivity index is 1.48. The van der Waals surface area contributed by atoms with Gasteiger partial charge in [0.05, 0.1) is 12.5 Å². The SMILES string of the molecule is CN(C(=O)c1cc2ccoc2cn1)[C@H](CCNC(=O)c1cccn1C)Cc1ccccc1. The van der Waals surface area contributed by atoms with Gasteiger partial charge < -0.3 is 19.2 Å². The standard InChI is InChI=1S/C25H26N4O3/c1-28-13-6-9-22(28)24(30)26-12-10-20(15-18-7-4-3-5-8-18)29(2)25(31)21-16-19-11-14-32-23(19)17-27-21/h3-9,11,13-14,16-17,20H,10,12,15H2,1-2H3,(H,26,30)/t20-/m1/s1. The van der Waals surface area contributed by atoms with Crippen molar-refractivity contribution in [1.29, 1.82) is 0 Å². The summed E-state index contributed by atoms with van der Waals surface area (Å²) in [5.74, 6) is -0.292. The third-order valence-electron chi connectivity index (χ3n) is 5.68. The Morgan fingerprint density at radius 2 is 1.97 bits per heavy atom. The highest BCUT2D eigenvalue weighted by Crippen LogP contribution is 2.18. The van der Waals surface area contributed by atoms with Crippen molar-refractivity contribution in [3.05, 3.63) is 90.2 Å². The van der Waals surface area contributed by atoms with Crippen LogP contribution in [0.1, 0.15) is 33.0 Å². The molecular weight excluding hydrogens is 404 g/mol. The van der Waals surface area contributed by atoms with Gasteiger partial charge in [-0.1, -0.05) is 30.3 Å².